The molecule has 1 aromatic rings. The van der Waals surface area contributed by atoms with Crippen LogP contribution in [0.5, 0.6) is 0 Å². The lowest BCUT2D eigenvalue weighted by atomic mass is 10.1. The predicted octanol–water partition coefficient (Wildman–Crippen LogP) is 2.06. The van der Waals surface area contributed by atoms with Crippen LogP contribution < -0.4 is 10.6 Å². The van der Waals surface area contributed by atoms with E-state index in [9.17, 15) is 9.59 Å². The summed E-state index contributed by atoms with van der Waals surface area (Å²) in [5, 5.41) is 5.41. The maximum atomic E-state index is 12.0. The molecule has 0 heterocycles. The van der Waals surface area contributed by atoms with Crippen molar-refractivity contribution in [3.63, 3.8) is 0 Å². The molecule has 0 bridgehead atoms. The molecule has 0 fully saturated rings. The maximum absolute atomic E-state index is 12.0. The summed E-state index contributed by atoms with van der Waals surface area (Å²) in [6, 6.07) is 6.96. The first-order valence-electron chi connectivity index (χ1n) is 5.88. The summed E-state index contributed by atoms with van der Waals surface area (Å²) >= 11 is 7.43. The van der Waals surface area contributed by atoms with Crippen LogP contribution in [0.4, 0.5) is 0 Å². The van der Waals surface area contributed by atoms with Gasteiger partial charge >= 0.3 is 0 Å². The van der Waals surface area contributed by atoms with Gasteiger partial charge in [-0.2, -0.15) is 12.6 Å². The number of nitrogens with one attached hydrogen (secondary N) is 2. The molecular weight excluding hydrogens is 328 g/mol. The van der Waals surface area contributed by atoms with E-state index in [1.807, 2.05) is 31.2 Å². The van der Waals surface area contributed by atoms with Crippen LogP contribution in [0.15, 0.2) is 28.7 Å². The van der Waals surface area contributed by atoms with E-state index in [1.165, 1.54) is 6.92 Å². The number of benzene rings is 1. The Bertz CT molecular complexity index is 450. The molecule has 0 spiro atoms. The van der Waals surface area contributed by atoms with Gasteiger partial charge in [-0.15, -0.1) is 0 Å². The third kappa shape index (κ3) is 5.24. The van der Waals surface area contributed by atoms with Crippen molar-refractivity contribution in [2.75, 3.05) is 5.75 Å². The quantitative estimate of drug-likeness (QED) is 0.716. The number of hydrogen-bond donors (Lipinski definition) is 3. The lowest BCUT2D eigenvalue weighted by Crippen LogP contribution is -2.47. The van der Waals surface area contributed by atoms with Gasteiger partial charge in [0.25, 0.3) is 0 Å². The van der Waals surface area contributed by atoms with Crippen LogP contribution in [0.1, 0.15) is 25.5 Å². The molecule has 0 aliphatic rings. The third-order valence-electron chi connectivity index (χ3n) is 2.61. The lowest BCUT2D eigenvalue weighted by molar-refractivity contribution is -0.127. The average Bonchev–Trinajstić information content (AvgIpc) is 2.36. The number of rotatable bonds is 5. The van der Waals surface area contributed by atoms with Crippen LogP contribution in [0.3, 0.4) is 0 Å². The van der Waals surface area contributed by atoms with E-state index >= 15 is 0 Å². The second-order valence-corrected chi connectivity index (χ2v) is 5.50. The van der Waals surface area contributed by atoms with Crippen molar-refractivity contribution in [1.82, 2.24) is 10.6 Å². The molecule has 0 aromatic heterocycles. The highest BCUT2D eigenvalue weighted by molar-refractivity contribution is 9.10. The minimum Gasteiger partial charge on any atom is -0.348 e. The van der Waals surface area contributed by atoms with Crippen LogP contribution >= 0.6 is 28.6 Å². The SMILES string of the molecule is CC(=O)NC(CS)C(=O)NC(C)c1ccc(Br)cc1. The molecule has 2 unspecified atom stereocenters. The van der Waals surface area contributed by atoms with E-state index in [4.69, 9.17) is 0 Å². The fraction of sp³-hybridized carbons (Fsp3) is 0.385. The van der Waals surface area contributed by atoms with Gasteiger partial charge in [0.15, 0.2) is 0 Å². The first-order chi connectivity index (χ1) is 8.93. The Morgan fingerprint density at radius 1 is 1.26 bits per heavy atom. The Hall–Kier alpha value is -1.01. The second-order valence-electron chi connectivity index (χ2n) is 4.22. The zero-order chi connectivity index (χ0) is 14.4. The summed E-state index contributed by atoms with van der Waals surface area (Å²) in [7, 11) is 0. The predicted molar refractivity (Wildman–Crippen MR) is 82.2 cm³/mol. The van der Waals surface area contributed by atoms with Gasteiger partial charge in [0, 0.05) is 17.1 Å². The summed E-state index contributed by atoms with van der Waals surface area (Å²) in [5.74, 6) is -0.218. The molecule has 0 radical (unpaired) electrons. The van der Waals surface area contributed by atoms with E-state index in [0.717, 1.165) is 10.0 Å². The number of carbonyl (C=O) groups excluding carboxylic acids is 2. The summed E-state index contributed by atoms with van der Waals surface area (Å²) in [4.78, 5) is 23.0. The molecule has 6 heteroatoms. The molecule has 0 aliphatic carbocycles. The molecule has 4 nitrogen and oxygen atoms in total. The van der Waals surface area contributed by atoms with E-state index < -0.39 is 6.04 Å². The number of hydrogen-bond acceptors (Lipinski definition) is 3. The topological polar surface area (TPSA) is 58.2 Å². The number of amides is 2. The third-order valence-corrected chi connectivity index (χ3v) is 3.50. The Kier molecular flexibility index (Phi) is 6.37. The van der Waals surface area contributed by atoms with Gasteiger partial charge in [0.1, 0.15) is 6.04 Å². The molecule has 1 aromatic carbocycles. The molecule has 0 saturated heterocycles. The summed E-state index contributed by atoms with van der Waals surface area (Å²) in [6.07, 6.45) is 0. The summed E-state index contributed by atoms with van der Waals surface area (Å²) in [6.45, 7) is 3.27. The van der Waals surface area contributed by atoms with Crippen molar-refractivity contribution in [3.05, 3.63) is 34.3 Å². The van der Waals surface area contributed by atoms with Crippen molar-refractivity contribution >= 4 is 40.4 Å². The van der Waals surface area contributed by atoms with E-state index in [-0.39, 0.29) is 23.6 Å². The normalized spacial score (nSPS) is 13.5. The first-order valence-corrected chi connectivity index (χ1v) is 7.30. The first kappa shape index (κ1) is 16.0. The van der Waals surface area contributed by atoms with E-state index in [0.29, 0.717) is 0 Å². The van der Waals surface area contributed by atoms with Crippen LogP contribution in [0.2, 0.25) is 0 Å². The molecule has 1 rings (SSSR count). The van der Waals surface area contributed by atoms with Crippen molar-refractivity contribution < 1.29 is 9.59 Å². The number of thiol groups is 1. The maximum Gasteiger partial charge on any atom is 0.243 e. The highest BCUT2D eigenvalue weighted by Crippen LogP contribution is 2.16. The van der Waals surface area contributed by atoms with Gasteiger partial charge in [0.2, 0.25) is 11.8 Å². The molecule has 2 amide bonds. The van der Waals surface area contributed by atoms with Crippen LogP contribution in [-0.2, 0) is 9.59 Å². The lowest BCUT2D eigenvalue weighted by Gasteiger charge is -2.19. The number of carbonyl (C=O) groups is 2. The Morgan fingerprint density at radius 3 is 2.32 bits per heavy atom. The van der Waals surface area contributed by atoms with Crippen LogP contribution in [-0.4, -0.2) is 23.6 Å². The minimum atomic E-state index is -0.612. The van der Waals surface area contributed by atoms with Gasteiger partial charge in [0.05, 0.1) is 6.04 Å². The van der Waals surface area contributed by atoms with Crippen LogP contribution in [0, 0.1) is 0 Å². The largest absolute Gasteiger partial charge is 0.348 e. The van der Waals surface area contributed by atoms with Crippen LogP contribution in [0.25, 0.3) is 0 Å². The van der Waals surface area contributed by atoms with Gasteiger partial charge in [-0.1, -0.05) is 28.1 Å². The Labute approximate surface area is 126 Å². The van der Waals surface area contributed by atoms with E-state index in [2.05, 4.69) is 39.2 Å². The fourth-order valence-electron chi connectivity index (χ4n) is 1.59. The standard InChI is InChI=1S/C13H17BrN2O2S/c1-8(10-3-5-11(14)6-4-10)15-13(18)12(7-19)16-9(2)17/h3-6,8,12,19H,7H2,1-2H3,(H,15,18)(H,16,17). The zero-order valence-electron chi connectivity index (χ0n) is 10.8. The fourth-order valence-corrected chi connectivity index (χ4v) is 2.11. The van der Waals surface area contributed by atoms with Gasteiger partial charge in [-0.3, -0.25) is 9.59 Å². The molecule has 2 atom stereocenters. The Balaban J connectivity index is 2.64. The van der Waals surface area contributed by atoms with Crippen molar-refractivity contribution in [2.24, 2.45) is 0 Å². The number of halogens is 1. The minimum absolute atomic E-state index is 0.128. The highest BCUT2D eigenvalue weighted by Gasteiger charge is 2.19. The van der Waals surface area contributed by atoms with E-state index in [1.54, 1.807) is 0 Å². The zero-order valence-corrected chi connectivity index (χ0v) is 13.3. The van der Waals surface area contributed by atoms with Gasteiger partial charge in [-0.05, 0) is 24.6 Å². The monoisotopic (exact) mass is 344 g/mol. The molecule has 0 aliphatic heterocycles. The van der Waals surface area contributed by atoms with Crippen molar-refractivity contribution in [1.29, 1.82) is 0 Å². The molecular formula is C13H17BrN2O2S. The molecule has 104 valence electrons. The highest BCUT2D eigenvalue weighted by atomic mass is 79.9. The summed E-state index contributed by atoms with van der Waals surface area (Å²) in [5.41, 5.74) is 0.997. The van der Waals surface area contributed by atoms with Crippen molar-refractivity contribution in [2.45, 2.75) is 25.9 Å². The Morgan fingerprint density at radius 2 is 1.84 bits per heavy atom. The van der Waals surface area contributed by atoms with Gasteiger partial charge < -0.3 is 10.6 Å². The molecule has 2 N–H and O–H groups in total. The second kappa shape index (κ2) is 7.55. The summed E-state index contributed by atoms with van der Waals surface area (Å²) < 4.78 is 0.987. The van der Waals surface area contributed by atoms with Gasteiger partial charge in [-0.25, -0.2) is 0 Å². The molecule has 19 heavy (non-hydrogen) atoms. The molecule has 0 saturated carbocycles. The average molecular weight is 345 g/mol. The smallest absolute Gasteiger partial charge is 0.243 e. The van der Waals surface area contributed by atoms with Crippen molar-refractivity contribution in [3.8, 4) is 0 Å².